The Labute approximate surface area is 302 Å². The summed E-state index contributed by atoms with van der Waals surface area (Å²) in [6.07, 6.45) is 6.60. The molecule has 2 aliphatic heterocycles. The quantitative estimate of drug-likeness (QED) is 0.0789. The number of hydroxylamine groups is 1. The molecule has 2 bridgehead atoms. The van der Waals surface area contributed by atoms with Gasteiger partial charge in [-0.3, -0.25) is 19.7 Å². The summed E-state index contributed by atoms with van der Waals surface area (Å²) in [6.45, 7) is 9.73. The Kier molecular flexibility index (Phi) is 11.9. The minimum Gasteiger partial charge on any atom is -0.392 e. The molecule has 2 saturated heterocycles. The summed E-state index contributed by atoms with van der Waals surface area (Å²) in [6, 6.07) is 25.2. The first-order chi connectivity index (χ1) is 24.5. The van der Waals surface area contributed by atoms with Crippen LogP contribution in [-0.2, 0) is 32.2 Å². The number of likely N-dealkylation sites (tertiary alicyclic amines) is 1. The van der Waals surface area contributed by atoms with Crippen molar-refractivity contribution in [3.05, 3.63) is 95.1 Å². The fraction of sp³-hybridized carbons (Fsp3) is 0.524. The minimum atomic E-state index is -0.512. The van der Waals surface area contributed by atoms with Crippen LogP contribution in [0.25, 0.3) is 11.1 Å². The molecule has 51 heavy (non-hydrogen) atoms. The van der Waals surface area contributed by atoms with Crippen molar-refractivity contribution in [1.82, 2.24) is 15.7 Å². The molecule has 3 aromatic carbocycles. The maximum absolute atomic E-state index is 12.6. The van der Waals surface area contributed by atoms with Crippen molar-refractivity contribution in [2.24, 2.45) is 10.8 Å². The van der Waals surface area contributed by atoms with Crippen LogP contribution in [-0.4, -0.2) is 52.3 Å². The van der Waals surface area contributed by atoms with E-state index in [1.165, 1.54) is 19.3 Å². The zero-order valence-electron chi connectivity index (χ0n) is 30.4. The molecule has 0 radical (unpaired) electrons. The average Bonchev–Trinajstić information content (AvgIpc) is 3.37. The number of ether oxygens (including phenoxy) is 2. The standard InChI is InChI=1S/C42H55N3O6/c1-41(2)22-34-23-42(3,27-41)28-45(34)25-35-21-37(31-15-13-29(26-46)14-16-31)51-40(50-35)32-19-17-30(18-20-32)36-10-8-7-9-33(36)24-43-38(47)11-5-4-6-12-39(48)44-49/h7-10,13-20,34-35,37,40,46,49H,4-6,11-12,21-28H2,1-3H3,(H,43,47)(H,44,48). The molecule has 9 heteroatoms. The van der Waals surface area contributed by atoms with Gasteiger partial charge in [-0.15, -0.1) is 0 Å². The number of benzene rings is 3. The molecule has 2 amide bonds. The third kappa shape index (κ3) is 9.64. The first kappa shape index (κ1) is 37.2. The first-order valence-corrected chi connectivity index (χ1v) is 18.7. The predicted molar refractivity (Wildman–Crippen MR) is 196 cm³/mol. The fourth-order valence-corrected chi connectivity index (χ4v) is 8.95. The van der Waals surface area contributed by atoms with Crippen molar-refractivity contribution >= 4 is 11.8 Å². The van der Waals surface area contributed by atoms with Gasteiger partial charge < -0.3 is 19.9 Å². The number of carbonyl (C=O) groups excluding carboxylic acids is 2. The van der Waals surface area contributed by atoms with Crippen molar-refractivity contribution in [3.63, 3.8) is 0 Å². The topological polar surface area (TPSA) is 120 Å². The van der Waals surface area contributed by atoms with Crippen LogP contribution in [0.15, 0.2) is 72.8 Å². The van der Waals surface area contributed by atoms with Crippen LogP contribution in [0.3, 0.4) is 0 Å². The number of aliphatic hydroxyl groups is 1. The summed E-state index contributed by atoms with van der Waals surface area (Å²) >= 11 is 0. The summed E-state index contributed by atoms with van der Waals surface area (Å²) in [5.41, 5.74) is 8.44. The van der Waals surface area contributed by atoms with E-state index in [4.69, 9.17) is 14.7 Å². The number of nitrogens with zero attached hydrogens (tertiary/aromatic N) is 1. The lowest BCUT2D eigenvalue weighted by Gasteiger charge is -2.41. The molecule has 0 spiro atoms. The molecular weight excluding hydrogens is 642 g/mol. The fourth-order valence-electron chi connectivity index (χ4n) is 8.95. The SMILES string of the molecule is CC1(C)CC2CC(C)(CN2CC2CC(c3ccc(CO)cc3)OC(c3ccc(-c4ccccc4CNC(=O)CCCCCC(=O)NO)cc3)O2)C1. The normalized spacial score (nSPS) is 25.7. The minimum absolute atomic E-state index is 0.0152. The van der Waals surface area contributed by atoms with Crippen LogP contribution in [0.2, 0.25) is 0 Å². The lowest BCUT2D eigenvalue weighted by atomic mass is 9.65. The Morgan fingerprint density at radius 2 is 1.57 bits per heavy atom. The van der Waals surface area contributed by atoms with Crippen LogP contribution >= 0.6 is 0 Å². The van der Waals surface area contributed by atoms with E-state index in [-0.39, 0.29) is 31.1 Å². The van der Waals surface area contributed by atoms with Crippen molar-refractivity contribution in [2.45, 2.75) is 116 Å². The number of carbonyl (C=O) groups is 2. The Bertz CT molecular complexity index is 1630. The molecule has 2 heterocycles. The third-order valence-corrected chi connectivity index (χ3v) is 11.0. The predicted octanol–water partition coefficient (Wildman–Crippen LogP) is 7.36. The van der Waals surface area contributed by atoms with E-state index >= 15 is 0 Å². The van der Waals surface area contributed by atoms with Crippen molar-refractivity contribution in [3.8, 4) is 11.1 Å². The van der Waals surface area contributed by atoms with Gasteiger partial charge >= 0.3 is 0 Å². The first-order valence-electron chi connectivity index (χ1n) is 18.7. The molecule has 4 N–H and O–H groups in total. The lowest BCUT2D eigenvalue weighted by Crippen LogP contribution is -2.42. The molecule has 1 saturated carbocycles. The summed E-state index contributed by atoms with van der Waals surface area (Å²) in [5.74, 6) is -0.428. The number of rotatable bonds is 14. The van der Waals surface area contributed by atoms with Gasteiger partial charge in [0.05, 0.1) is 18.8 Å². The molecule has 5 unspecified atom stereocenters. The third-order valence-electron chi connectivity index (χ3n) is 11.0. The van der Waals surface area contributed by atoms with Gasteiger partial charge in [0.15, 0.2) is 6.29 Å². The molecular formula is C42H55N3O6. The lowest BCUT2D eigenvalue weighted by molar-refractivity contribution is -0.253. The highest BCUT2D eigenvalue weighted by molar-refractivity contribution is 5.76. The van der Waals surface area contributed by atoms with Gasteiger partial charge in [-0.25, -0.2) is 5.48 Å². The van der Waals surface area contributed by atoms with Crippen LogP contribution < -0.4 is 10.8 Å². The molecule has 3 aromatic rings. The number of hydrogen-bond donors (Lipinski definition) is 4. The largest absolute Gasteiger partial charge is 0.392 e. The van der Waals surface area contributed by atoms with Gasteiger partial charge in [0.25, 0.3) is 0 Å². The number of amides is 2. The number of fused-ring (bicyclic) bond motifs is 2. The maximum atomic E-state index is 12.6. The molecule has 6 rings (SSSR count). The molecule has 1 aliphatic carbocycles. The second-order valence-corrected chi connectivity index (χ2v) is 16.1. The maximum Gasteiger partial charge on any atom is 0.243 e. The van der Waals surface area contributed by atoms with E-state index in [0.717, 1.165) is 59.3 Å². The van der Waals surface area contributed by atoms with E-state index in [2.05, 4.69) is 73.5 Å². The van der Waals surface area contributed by atoms with E-state index in [1.807, 2.05) is 30.3 Å². The van der Waals surface area contributed by atoms with Crippen LogP contribution in [0.5, 0.6) is 0 Å². The molecule has 3 aliphatic rings. The van der Waals surface area contributed by atoms with E-state index in [9.17, 15) is 14.7 Å². The van der Waals surface area contributed by atoms with Crippen LogP contribution in [0.4, 0.5) is 0 Å². The van der Waals surface area contributed by atoms with Crippen molar-refractivity contribution < 1.29 is 29.4 Å². The zero-order chi connectivity index (χ0) is 36.0. The van der Waals surface area contributed by atoms with Crippen LogP contribution in [0.1, 0.15) is 113 Å². The molecule has 9 nitrogen and oxygen atoms in total. The Hall–Kier alpha value is -3.60. The monoisotopic (exact) mass is 697 g/mol. The summed E-state index contributed by atoms with van der Waals surface area (Å²) in [5, 5.41) is 21.3. The van der Waals surface area contributed by atoms with Gasteiger partial charge in [0.1, 0.15) is 0 Å². The van der Waals surface area contributed by atoms with E-state index in [0.29, 0.717) is 42.7 Å². The Morgan fingerprint density at radius 3 is 2.29 bits per heavy atom. The Balaban J connectivity index is 1.12. The summed E-state index contributed by atoms with van der Waals surface area (Å²) < 4.78 is 13.5. The second-order valence-electron chi connectivity index (χ2n) is 16.1. The summed E-state index contributed by atoms with van der Waals surface area (Å²) in [7, 11) is 0. The van der Waals surface area contributed by atoms with Gasteiger partial charge in [-0.2, -0.15) is 0 Å². The smallest absolute Gasteiger partial charge is 0.243 e. The highest BCUT2D eigenvalue weighted by Gasteiger charge is 2.50. The van der Waals surface area contributed by atoms with Crippen LogP contribution in [0, 0.1) is 10.8 Å². The van der Waals surface area contributed by atoms with E-state index < -0.39 is 12.2 Å². The van der Waals surface area contributed by atoms with Gasteiger partial charge in [0, 0.05) is 50.5 Å². The number of nitrogens with one attached hydrogen (secondary N) is 2. The van der Waals surface area contributed by atoms with Gasteiger partial charge in [-0.1, -0.05) is 100.0 Å². The molecule has 0 aromatic heterocycles. The van der Waals surface area contributed by atoms with Crippen molar-refractivity contribution in [1.29, 1.82) is 0 Å². The van der Waals surface area contributed by atoms with Gasteiger partial charge in [0.2, 0.25) is 11.8 Å². The number of unbranched alkanes of at least 4 members (excludes halogenated alkanes) is 2. The molecule has 5 atom stereocenters. The average molecular weight is 698 g/mol. The number of aliphatic hydroxyl groups excluding tert-OH is 1. The molecule has 3 fully saturated rings. The summed E-state index contributed by atoms with van der Waals surface area (Å²) in [4.78, 5) is 26.4. The highest BCUT2D eigenvalue weighted by Crippen LogP contribution is 2.53. The van der Waals surface area contributed by atoms with Gasteiger partial charge in [-0.05, 0) is 70.8 Å². The zero-order valence-corrected chi connectivity index (χ0v) is 30.4. The number of hydrogen-bond acceptors (Lipinski definition) is 7. The van der Waals surface area contributed by atoms with E-state index in [1.54, 1.807) is 5.48 Å². The highest BCUT2D eigenvalue weighted by atomic mass is 16.7. The molecule has 274 valence electrons. The van der Waals surface area contributed by atoms with Crippen molar-refractivity contribution in [2.75, 3.05) is 13.1 Å². The Morgan fingerprint density at radius 1 is 0.863 bits per heavy atom. The second kappa shape index (κ2) is 16.4.